The van der Waals surface area contributed by atoms with E-state index in [4.69, 9.17) is 11.6 Å². The van der Waals surface area contributed by atoms with E-state index >= 15 is 0 Å². The Balaban J connectivity index is 3.20. The van der Waals surface area contributed by atoms with Gasteiger partial charge in [0.1, 0.15) is 11.3 Å². The zero-order valence-corrected chi connectivity index (χ0v) is 7.46. The summed E-state index contributed by atoms with van der Waals surface area (Å²) in [5, 5.41) is 10.5. The monoisotopic (exact) mass is 236 g/mol. The molecule has 0 saturated carbocycles. The highest BCUT2D eigenvalue weighted by Crippen LogP contribution is 2.25. The van der Waals surface area contributed by atoms with Crippen molar-refractivity contribution in [3.05, 3.63) is 32.0 Å². The molecule has 0 spiro atoms. The van der Waals surface area contributed by atoms with Crippen LogP contribution < -0.4 is 0 Å². The van der Waals surface area contributed by atoms with Crippen molar-refractivity contribution in [2.24, 2.45) is 0 Å². The third kappa shape index (κ3) is 1.87. The van der Waals surface area contributed by atoms with Gasteiger partial charge in [0, 0.05) is 0 Å². The van der Waals surface area contributed by atoms with E-state index in [-0.39, 0.29) is 10.8 Å². The summed E-state index contributed by atoms with van der Waals surface area (Å²) in [5.74, 6) is 0. The van der Waals surface area contributed by atoms with Crippen LogP contribution in [-0.4, -0.2) is 9.91 Å². The van der Waals surface area contributed by atoms with E-state index in [1.165, 1.54) is 6.07 Å². The molecule has 0 radical (unpaired) electrons. The molecule has 0 aliphatic heterocycles. The molecular formula is C5H2BrClN2O2. The third-order valence-corrected chi connectivity index (χ3v) is 1.84. The van der Waals surface area contributed by atoms with Gasteiger partial charge in [0.15, 0.2) is 0 Å². The summed E-state index contributed by atoms with van der Waals surface area (Å²) >= 11 is 8.44. The van der Waals surface area contributed by atoms with Crippen LogP contribution in [0.25, 0.3) is 0 Å². The summed E-state index contributed by atoms with van der Waals surface area (Å²) in [5.41, 5.74) is -0.0885. The number of rotatable bonds is 1. The highest BCUT2D eigenvalue weighted by atomic mass is 79.9. The lowest BCUT2D eigenvalue weighted by Gasteiger charge is -1.93. The van der Waals surface area contributed by atoms with Crippen LogP contribution >= 0.6 is 27.5 Å². The molecule has 1 aromatic heterocycles. The number of halogens is 2. The number of hydrogen-bond acceptors (Lipinski definition) is 3. The van der Waals surface area contributed by atoms with Crippen molar-refractivity contribution in [2.45, 2.75) is 0 Å². The van der Waals surface area contributed by atoms with Crippen LogP contribution in [-0.2, 0) is 0 Å². The van der Waals surface area contributed by atoms with Crippen molar-refractivity contribution in [1.82, 2.24) is 4.98 Å². The second-order valence-electron chi connectivity index (χ2n) is 1.72. The molecule has 0 aromatic carbocycles. The second kappa shape index (κ2) is 3.15. The Morgan fingerprint density at radius 1 is 1.73 bits per heavy atom. The molecule has 0 amide bonds. The van der Waals surface area contributed by atoms with Gasteiger partial charge in [-0.2, -0.15) is 0 Å². The van der Waals surface area contributed by atoms with E-state index in [9.17, 15) is 10.1 Å². The molecule has 0 fully saturated rings. The second-order valence-corrected chi connectivity index (χ2v) is 2.96. The molecule has 0 atom stereocenters. The van der Waals surface area contributed by atoms with Gasteiger partial charge < -0.3 is 0 Å². The van der Waals surface area contributed by atoms with Crippen LogP contribution in [0, 0.1) is 10.1 Å². The minimum atomic E-state index is -0.534. The quantitative estimate of drug-likeness (QED) is 0.428. The number of nitrogens with zero attached hydrogens (tertiary/aromatic N) is 2. The molecule has 0 saturated heterocycles. The van der Waals surface area contributed by atoms with Crippen molar-refractivity contribution in [3.8, 4) is 0 Å². The van der Waals surface area contributed by atoms with E-state index in [1.54, 1.807) is 0 Å². The molecule has 11 heavy (non-hydrogen) atoms. The van der Waals surface area contributed by atoms with Gasteiger partial charge in [-0.15, -0.1) is 0 Å². The highest BCUT2D eigenvalue weighted by Gasteiger charge is 2.11. The molecule has 0 unspecified atom stereocenters. The normalized spacial score (nSPS) is 9.64. The molecule has 4 nitrogen and oxygen atoms in total. The van der Waals surface area contributed by atoms with E-state index in [2.05, 4.69) is 20.9 Å². The Kier molecular flexibility index (Phi) is 2.41. The first-order chi connectivity index (χ1) is 5.11. The van der Waals surface area contributed by atoms with Gasteiger partial charge in [0.25, 0.3) is 0 Å². The predicted octanol–water partition coefficient (Wildman–Crippen LogP) is 2.41. The predicted molar refractivity (Wildman–Crippen MR) is 43.6 cm³/mol. The van der Waals surface area contributed by atoms with Gasteiger partial charge in [-0.05, 0) is 22.0 Å². The van der Waals surface area contributed by atoms with Crippen LogP contribution in [0.3, 0.4) is 0 Å². The number of nitro groups is 1. The molecule has 0 bridgehead atoms. The Morgan fingerprint density at radius 2 is 2.36 bits per heavy atom. The maximum absolute atomic E-state index is 10.2. The Labute approximate surface area is 75.5 Å². The fourth-order valence-electron chi connectivity index (χ4n) is 0.535. The fraction of sp³-hybridized carbons (Fsp3) is 0. The van der Waals surface area contributed by atoms with Crippen LogP contribution in [0.1, 0.15) is 0 Å². The lowest BCUT2D eigenvalue weighted by atomic mass is 10.4. The van der Waals surface area contributed by atoms with Gasteiger partial charge in [0.2, 0.25) is 0 Å². The molecule has 1 heterocycles. The van der Waals surface area contributed by atoms with Crippen LogP contribution in [0.5, 0.6) is 0 Å². The molecule has 0 N–H and O–H groups in total. The Hall–Kier alpha value is -0.680. The highest BCUT2D eigenvalue weighted by molar-refractivity contribution is 9.10. The Morgan fingerprint density at radius 3 is 2.82 bits per heavy atom. The SMILES string of the molecule is O=[N+]([O-])c1cnc(Cl)cc1Br. The Bertz CT molecular complexity index is 305. The topological polar surface area (TPSA) is 56.0 Å². The summed E-state index contributed by atoms with van der Waals surface area (Å²) in [7, 11) is 0. The maximum atomic E-state index is 10.2. The molecule has 1 rings (SSSR count). The van der Waals surface area contributed by atoms with E-state index < -0.39 is 4.92 Å². The number of aromatic nitrogens is 1. The molecule has 6 heteroatoms. The average Bonchev–Trinajstić information content (AvgIpc) is 1.85. The summed E-state index contributed by atoms with van der Waals surface area (Å²) in [6, 6.07) is 1.37. The summed E-state index contributed by atoms with van der Waals surface area (Å²) in [6.45, 7) is 0. The van der Waals surface area contributed by atoms with Crippen molar-refractivity contribution < 1.29 is 4.92 Å². The minimum Gasteiger partial charge on any atom is -0.258 e. The van der Waals surface area contributed by atoms with Gasteiger partial charge in [-0.1, -0.05) is 11.6 Å². The maximum Gasteiger partial charge on any atom is 0.301 e. The number of hydrogen-bond donors (Lipinski definition) is 0. The van der Waals surface area contributed by atoms with Gasteiger partial charge >= 0.3 is 5.69 Å². The molecule has 58 valence electrons. The van der Waals surface area contributed by atoms with Crippen molar-refractivity contribution >= 4 is 33.2 Å². The number of pyridine rings is 1. The zero-order valence-electron chi connectivity index (χ0n) is 5.12. The summed E-state index contributed by atoms with van der Waals surface area (Å²) < 4.78 is 0.336. The van der Waals surface area contributed by atoms with Crippen LogP contribution in [0.4, 0.5) is 5.69 Å². The first-order valence-electron chi connectivity index (χ1n) is 2.56. The first-order valence-corrected chi connectivity index (χ1v) is 3.74. The molecule has 0 aliphatic carbocycles. The largest absolute Gasteiger partial charge is 0.301 e. The average molecular weight is 237 g/mol. The van der Waals surface area contributed by atoms with Gasteiger partial charge in [0.05, 0.1) is 9.40 Å². The van der Waals surface area contributed by atoms with Crippen LogP contribution in [0.15, 0.2) is 16.7 Å². The van der Waals surface area contributed by atoms with E-state index in [0.29, 0.717) is 4.47 Å². The summed E-state index contributed by atoms with van der Waals surface area (Å²) in [6.07, 6.45) is 1.10. The summed E-state index contributed by atoms with van der Waals surface area (Å²) in [4.78, 5) is 13.2. The van der Waals surface area contributed by atoms with E-state index in [1.807, 2.05) is 0 Å². The first kappa shape index (κ1) is 8.42. The van der Waals surface area contributed by atoms with Crippen molar-refractivity contribution in [1.29, 1.82) is 0 Å². The van der Waals surface area contributed by atoms with Gasteiger partial charge in [-0.25, -0.2) is 4.98 Å². The lowest BCUT2D eigenvalue weighted by molar-refractivity contribution is -0.386. The molecular weight excluding hydrogens is 235 g/mol. The van der Waals surface area contributed by atoms with Crippen LogP contribution in [0.2, 0.25) is 5.15 Å². The molecule has 0 aliphatic rings. The van der Waals surface area contributed by atoms with Crippen molar-refractivity contribution in [3.63, 3.8) is 0 Å². The molecule has 1 aromatic rings. The smallest absolute Gasteiger partial charge is 0.258 e. The zero-order chi connectivity index (χ0) is 8.43. The standard InChI is InChI=1S/C5H2BrClN2O2/c6-3-1-5(7)8-2-4(3)9(10)11/h1-2H. The van der Waals surface area contributed by atoms with Gasteiger partial charge in [-0.3, -0.25) is 10.1 Å². The fourth-order valence-corrected chi connectivity index (χ4v) is 1.29. The minimum absolute atomic E-state index is 0.0885. The lowest BCUT2D eigenvalue weighted by Crippen LogP contribution is -1.90. The third-order valence-electron chi connectivity index (χ3n) is 0.997. The van der Waals surface area contributed by atoms with E-state index in [0.717, 1.165) is 6.20 Å². The van der Waals surface area contributed by atoms with Crippen molar-refractivity contribution in [2.75, 3.05) is 0 Å².